The van der Waals surface area contributed by atoms with Gasteiger partial charge in [-0.15, -0.1) is 0 Å². The molecule has 1 aromatic carbocycles. The monoisotopic (exact) mass is 277 g/mol. The van der Waals surface area contributed by atoms with Crippen molar-refractivity contribution in [3.05, 3.63) is 29.1 Å². The summed E-state index contributed by atoms with van der Waals surface area (Å²) in [5.41, 5.74) is -0.779. The van der Waals surface area contributed by atoms with E-state index in [0.717, 1.165) is 4.90 Å². The minimum absolute atomic E-state index is 0.0876. The highest BCUT2D eigenvalue weighted by Crippen LogP contribution is 2.26. The molecule has 0 radical (unpaired) electrons. The summed E-state index contributed by atoms with van der Waals surface area (Å²) in [6.45, 7) is 2.79. The molecule has 0 unspecified atom stereocenters. The summed E-state index contributed by atoms with van der Waals surface area (Å²) in [5.74, 6) is -7.25. The van der Waals surface area contributed by atoms with Crippen molar-refractivity contribution in [1.29, 1.82) is 0 Å². The van der Waals surface area contributed by atoms with Crippen LogP contribution in [0.3, 0.4) is 0 Å². The zero-order valence-electron chi connectivity index (χ0n) is 10.5. The van der Waals surface area contributed by atoms with E-state index in [0.29, 0.717) is 6.07 Å². The lowest BCUT2D eigenvalue weighted by molar-refractivity contribution is 0.0658. The lowest BCUT2D eigenvalue weighted by Crippen LogP contribution is -2.39. The molecule has 0 bridgehead atoms. The van der Waals surface area contributed by atoms with Crippen molar-refractivity contribution in [3.63, 3.8) is 0 Å². The molecule has 0 spiro atoms. The molecule has 0 atom stereocenters. The van der Waals surface area contributed by atoms with Crippen LogP contribution in [0.5, 0.6) is 5.75 Å². The first-order chi connectivity index (χ1) is 8.81. The van der Waals surface area contributed by atoms with E-state index >= 15 is 0 Å². The number of hydrogen-bond acceptors (Lipinski definition) is 3. The first-order valence-electron chi connectivity index (χ1n) is 5.59. The second-order valence-electron chi connectivity index (χ2n) is 4.20. The van der Waals surface area contributed by atoms with Crippen molar-refractivity contribution in [2.24, 2.45) is 0 Å². The van der Waals surface area contributed by atoms with Crippen LogP contribution >= 0.6 is 0 Å². The van der Waals surface area contributed by atoms with Crippen LogP contribution in [0, 0.1) is 17.5 Å². The molecule has 4 nitrogen and oxygen atoms in total. The second-order valence-corrected chi connectivity index (χ2v) is 4.20. The number of benzene rings is 1. The summed E-state index contributed by atoms with van der Waals surface area (Å²) in [6.07, 6.45) is 0. The van der Waals surface area contributed by atoms with E-state index < -0.39 is 34.7 Å². The fourth-order valence-corrected chi connectivity index (χ4v) is 1.60. The van der Waals surface area contributed by atoms with Gasteiger partial charge in [0.15, 0.2) is 17.4 Å². The fraction of sp³-hybridized carbons (Fsp3) is 0.417. The largest absolute Gasteiger partial charge is 0.503 e. The van der Waals surface area contributed by atoms with E-state index in [2.05, 4.69) is 0 Å². The minimum Gasteiger partial charge on any atom is -0.503 e. The zero-order valence-corrected chi connectivity index (χ0v) is 10.5. The predicted octanol–water partition coefficient (Wildman–Crippen LogP) is 1.65. The fourth-order valence-electron chi connectivity index (χ4n) is 1.60. The molecular weight excluding hydrogens is 263 g/mol. The smallest absolute Gasteiger partial charge is 0.257 e. The average Bonchev–Trinajstić information content (AvgIpc) is 2.36. The molecule has 19 heavy (non-hydrogen) atoms. The van der Waals surface area contributed by atoms with Crippen molar-refractivity contribution in [2.45, 2.75) is 19.9 Å². The van der Waals surface area contributed by atoms with Gasteiger partial charge < -0.3 is 15.1 Å². The van der Waals surface area contributed by atoms with Gasteiger partial charge in [-0.25, -0.2) is 8.78 Å². The Bertz CT molecular complexity index is 492. The molecule has 0 fully saturated rings. The first kappa shape index (κ1) is 15.3. The third kappa shape index (κ3) is 2.98. The van der Waals surface area contributed by atoms with Gasteiger partial charge in [0.25, 0.3) is 5.91 Å². The average molecular weight is 277 g/mol. The maximum Gasteiger partial charge on any atom is 0.257 e. The normalized spacial score (nSPS) is 10.9. The summed E-state index contributed by atoms with van der Waals surface area (Å²) in [4.78, 5) is 13.1. The Morgan fingerprint density at radius 1 is 1.32 bits per heavy atom. The molecule has 0 aliphatic rings. The molecule has 1 amide bonds. The third-order valence-corrected chi connectivity index (χ3v) is 2.59. The number of nitrogens with zero attached hydrogens (tertiary/aromatic N) is 1. The number of aliphatic hydroxyl groups is 1. The van der Waals surface area contributed by atoms with Gasteiger partial charge in [0, 0.05) is 12.6 Å². The second kappa shape index (κ2) is 5.92. The SMILES string of the molecule is CC(C)N(CCO)C(=O)c1cc(F)c(F)c(O)c1F. The Hall–Kier alpha value is -1.76. The number of phenolic OH excluding ortho intramolecular Hbond substituents is 1. The highest BCUT2D eigenvalue weighted by Gasteiger charge is 2.26. The van der Waals surface area contributed by atoms with E-state index in [1.54, 1.807) is 13.8 Å². The molecule has 106 valence electrons. The van der Waals surface area contributed by atoms with Crippen LogP contribution < -0.4 is 0 Å². The van der Waals surface area contributed by atoms with Crippen LogP contribution in [0.1, 0.15) is 24.2 Å². The lowest BCUT2D eigenvalue weighted by Gasteiger charge is -2.26. The minimum atomic E-state index is -1.74. The Labute approximate surface area is 108 Å². The molecule has 0 aromatic heterocycles. The highest BCUT2D eigenvalue weighted by atomic mass is 19.2. The van der Waals surface area contributed by atoms with Crippen LogP contribution in [0.2, 0.25) is 0 Å². The predicted molar refractivity (Wildman–Crippen MR) is 61.2 cm³/mol. The van der Waals surface area contributed by atoms with Crippen LogP contribution in [-0.2, 0) is 0 Å². The van der Waals surface area contributed by atoms with Crippen molar-refractivity contribution in [1.82, 2.24) is 4.90 Å². The number of amides is 1. The molecule has 0 saturated carbocycles. The molecule has 0 aliphatic heterocycles. The summed E-state index contributed by atoms with van der Waals surface area (Å²) >= 11 is 0. The molecule has 0 aliphatic carbocycles. The maximum atomic E-state index is 13.6. The maximum absolute atomic E-state index is 13.6. The van der Waals surface area contributed by atoms with Gasteiger partial charge in [-0.05, 0) is 19.9 Å². The van der Waals surface area contributed by atoms with Gasteiger partial charge in [-0.2, -0.15) is 4.39 Å². The van der Waals surface area contributed by atoms with E-state index in [1.807, 2.05) is 0 Å². The number of aromatic hydroxyl groups is 1. The lowest BCUT2D eigenvalue weighted by atomic mass is 10.1. The van der Waals surface area contributed by atoms with Gasteiger partial charge >= 0.3 is 0 Å². The van der Waals surface area contributed by atoms with E-state index in [-0.39, 0.29) is 19.2 Å². The number of carbonyl (C=O) groups excluding carboxylic acids is 1. The van der Waals surface area contributed by atoms with Crippen molar-refractivity contribution in [3.8, 4) is 5.75 Å². The van der Waals surface area contributed by atoms with E-state index in [1.165, 1.54) is 0 Å². The van der Waals surface area contributed by atoms with E-state index in [4.69, 9.17) is 10.2 Å². The molecule has 1 rings (SSSR count). The molecule has 0 heterocycles. The summed E-state index contributed by atoms with van der Waals surface area (Å²) in [6, 6.07) is 0.00810. The Morgan fingerprint density at radius 3 is 2.37 bits per heavy atom. The Balaban J connectivity index is 3.26. The number of aliphatic hydroxyl groups excluding tert-OH is 1. The summed E-state index contributed by atoms with van der Waals surface area (Å²) < 4.78 is 39.6. The van der Waals surface area contributed by atoms with Crippen LogP contribution in [0.4, 0.5) is 13.2 Å². The van der Waals surface area contributed by atoms with Gasteiger partial charge in [0.1, 0.15) is 0 Å². The van der Waals surface area contributed by atoms with Crippen LogP contribution in [0.15, 0.2) is 6.07 Å². The highest BCUT2D eigenvalue weighted by molar-refractivity contribution is 5.95. The van der Waals surface area contributed by atoms with Crippen LogP contribution in [0.25, 0.3) is 0 Å². The zero-order chi connectivity index (χ0) is 14.7. The molecule has 2 N–H and O–H groups in total. The molecule has 7 heteroatoms. The van der Waals surface area contributed by atoms with Crippen molar-refractivity contribution >= 4 is 5.91 Å². The van der Waals surface area contributed by atoms with Gasteiger partial charge in [-0.3, -0.25) is 4.79 Å². The number of rotatable bonds is 4. The molecular formula is C12H14F3NO3. The van der Waals surface area contributed by atoms with Crippen LogP contribution in [-0.4, -0.2) is 40.2 Å². The topological polar surface area (TPSA) is 60.8 Å². The van der Waals surface area contributed by atoms with Gasteiger partial charge in [-0.1, -0.05) is 0 Å². The molecule has 1 aromatic rings. The number of hydrogen-bond donors (Lipinski definition) is 2. The Kier molecular flexibility index (Phi) is 4.77. The Morgan fingerprint density at radius 2 is 1.89 bits per heavy atom. The van der Waals surface area contributed by atoms with Crippen molar-refractivity contribution < 1.29 is 28.2 Å². The number of carbonyl (C=O) groups is 1. The standard InChI is InChI=1S/C12H14F3NO3/c1-6(2)16(3-4-17)12(19)7-5-8(13)10(15)11(18)9(7)14/h5-6,17-18H,3-4H2,1-2H3. The first-order valence-corrected chi connectivity index (χ1v) is 5.59. The van der Waals surface area contributed by atoms with Gasteiger partial charge in [0.05, 0.1) is 12.2 Å². The number of phenols is 1. The summed E-state index contributed by atoms with van der Waals surface area (Å²) in [7, 11) is 0. The quantitative estimate of drug-likeness (QED) is 0.823. The number of halogens is 3. The summed E-state index contributed by atoms with van der Waals surface area (Å²) in [5, 5.41) is 17.9. The van der Waals surface area contributed by atoms with Crippen molar-refractivity contribution in [2.75, 3.05) is 13.2 Å². The van der Waals surface area contributed by atoms with Gasteiger partial charge in [0.2, 0.25) is 5.82 Å². The third-order valence-electron chi connectivity index (χ3n) is 2.59. The molecule has 0 saturated heterocycles. The van der Waals surface area contributed by atoms with E-state index in [9.17, 15) is 18.0 Å².